The lowest BCUT2D eigenvalue weighted by atomic mass is 10.1. The zero-order chi connectivity index (χ0) is 11.8. The van der Waals surface area contributed by atoms with E-state index in [1.807, 2.05) is 0 Å². The Morgan fingerprint density at radius 2 is 1.56 bits per heavy atom. The maximum absolute atomic E-state index is 12.6. The molecule has 0 fully saturated rings. The fourth-order valence-corrected chi connectivity index (χ4v) is 2.07. The van der Waals surface area contributed by atoms with Crippen molar-refractivity contribution in [2.45, 2.75) is 6.18 Å². The second-order valence-corrected chi connectivity index (χ2v) is 4.12. The quantitative estimate of drug-likeness (QED) is 0.646. The summed E-state index contributed by atoms with van der Waals surface area (Å²) in [6.45, 7) is 0. The lowest BCUT2D eigenvalue weighted by Crippen LogP contribution is -2.00. The van der Waals surface area contributed by atoms with Gasteiger partial charge in [0.25, 0.3) is 0 Å². The zero-order valence-corrected chi connectivity index (χ0v) is 8.70. The molecule has 1 aromatic heterocycles. The third-order valence-electron chi connectivity index (χ3n) is 2.06. The number of hydrogen-bond acceptors (Lipinski definition) is 1. The monoisotopic (exact) mass is 246 g/mol. The van der Waals surface area contributed by atoms with Gasteiger partial charge in [0.15, 0.2) is 0 Å². The smallest absolute Gasteiger partial charge is 0.207 e. The van der Waals surface area contributed by atoms with E-state index in [1.165, 1.54) is 29.6 Å². The Kier molecular flexibility index (Phi) is 2.71. The van der Waals surface area contributed by atoms with E-state index in [-0.39, 0.29) is 0 Å². The van der Waals surface area contributed by atoms with Gasteiger partial charge in [0, 0.05) is 0 Å². The molecule has 0 bridgehead atoms. The lowest BCUT2D eigenvalue weighted by Gasteiger charge is -2.00. The van der Waals surface area contributed by atoms with Crippen LogP contribution in [0.4, 0.5) is 17.6 Å². The van der Waals surface area contributed by atoms with Gasteiger partial charge in [-0.3, -0.25) is 0 Å². The third-order valence-corrected chi connectivity index (χ3v) is 3.03. The molecule has 0 unspecified atom stereocenters. The van der Waals surface area contributed by atoms with Crippen LogP contribution in [0.3, 0.4) is 0 Å². The first kappa shape index (κ1) is 11.1. The van der Waals surface area contributed by atoms with Gasteiger partial charge in [0.1, 0.15) is 10.7 Å². The number of thiophene rings is 1. The number of halogens is 4. The molecule has 2 aromatic rings. The van der Waals surface area contributed by atoms with Crippen molar-refractivity contribution in [3.63, 3.8) is 0 Å². The van der Waals surface area contributed by atoms with E-state index in [0.29, 0.717) is 22.5 Å². The van der Waals surface area contributed by atoms with Crippen LogP contribution in [0, 0.1) is 5.82 Å². The van der Waals surface area contributed by atoms with Gasteiger partial charge in [-0.25, -0.2) is 4.39 Å². The molecule has 2 rings (SSSR count). The molecule has 0 amide bonds. The van der Waals surface area contributed by atoms with Crippen molar-refractivity contribution in [3.8, 4) is 11.1 Å². The average molecular weight is 246 g/mol. The summed E-state index contributed by atoms with van der Waals surface area (Å²) in [6, 6.07) is 6.42. The van der Waals surface area contributed by atoms with Gasteiger partial charge >= 0.3 is 6.18 Å². The molecule has 0 N–H and O–H groups in total. The highest BCUT2D eigenvalue weighted by Gasteiger charge is 2.32. The molecule has 0 aliphatic carbocycles. The maximum Gasteiger partial charge on any atom is 0.425 e. The average Bonchev–Trinajstić information content (AvgIpc) is 2.67. The molecule has 0 aliphatic heterocycles. The maximum atomic E-state index is 12.6. The SMILES string of the molecule is Fc1ccc(-c2csc(C(F)(F)F)c2)cc1. The topological polar surface area (TPSA) is 0 Å². The summed E-state index contributed by atoms with van der Waals surface area (Å²) in [4.78, 5) is -0.646. The molecule has 0 nitrogen and oxygen atoms in total. The number of alkyl halides is 3. The van der Waals surface area contributed by atoms with Crippen molar-refractivity contribution < 1.29 is 17.6 Å². The Hall–Kier alpha value is -1.36. The summed E-state index contributed by atoms with van der Waals surface area (Å²) in [7, 11) is 0. The summed E-state index contributed by atoms with van der Waals surface area (Å²) in [6.07, 6.45) is -4.32. The standard InChI is InChI=1S/C11H6F4S/c12-9-3-1-7(2-4-9)8-5-10(16-6-8)11(13,14)15/h1-6H. The first-order valence-electron chi connectivity index (χ1n) is 4.38. The fourth-order valence-electron chi connectivity index (χ4n) is 1.28. The van der Waals surface area contributed by atoms with Crippen molar-refractivity contribution in [2.24, 2.45) is 0 Å². The molecule has 0 radical (unpaired) electrons. The van der Waals surface area contributed by atoms with Crippen molar-refractivity contribution in [2.75, 3.05) is 0 Å². The van der Waals surface area contributed by atoms with Gasteiger partial charge in [-0.1, -0.05) is 12.1 Å². The van der Waals surface area contributed by atoms with E-state index in [1.54, 1.807) is 0 Å². The van der Waals surface area contributed by atoms with E-state index >= 15 is 0 Å². The Balaban J connectivity index is 2.35. The number of benzene rings is 1. The molecule has 16 heavy (non-hydrogen) atoms. The van der Waals surface area contributed by atoms with Crippen LogP contribution in [0.5, 0.6) is 0 Å². The van der Waals surface area contributed by atoms with E-state index in [2.05, 4.69) is 0 Å². The molecule has 0 saturated carbocycles. The van der Waals surface area contributed by atoms with Gasteiger partial charge in [-0.15, -0.1) is 11.3 Å². The van der Waals surface area contributed by atoms with E-state index in [4.69, 9.17) is 0 Å². The molecular weight excluding hydrogens is 240 g/mol. The molecule has 0 aliphatic rings. The lowest BCUT2D eigenvalue weighted by molar-refractivity contribution is -0.134. The molecule has 5 heteroatoms. The summed E-state index contributed by atoms with van der Waals surface area (Å²) in [5.74, 6) is -0.407. The van der Waals surface area contributed by atoms with Crippen LogP contribution in [0.2, 0.25) is 0 Å². The Morgan fingerprint density at radius 1 is 0.938 bits per heavy atom. The Bertz CT molecular complexity index is 481. The van der Waals surface area contributed by atoms with Crippen LogP contribution >= 0.6 is 11.3 Å². The van der Waals surface area contributed by atoms with Crippen molar-refractivity contribution in [1.82, 2.24) is 0 Å². The normalized spacial score (nSPS) is 11.8. The number of hydrogen-bond donors (Lipinski definition) is 0. The Morgan fingerprint density at radius 3 is 2.06 bits per heavy atom. The fraction of sp³-hybridized carbons (Fsp3) is 0.0909. The van der Waals surface area contributed by atoms with Crippen molar-refractivity contribution in [3.05, 3.63) is 46.4 Å². The van der Waals surface area contributed by atoms with Crippen LogP contribution in [-0.4, -0.2) is 0 Å². The zero-order valence-electron chi connectivity index (χ0n) is 7.88. The predicted molar refractivity (Wildman–Crippen MR) is 54.7 cm³/mol. The highest BCUT2D eigenvalue weighted by atomic mass is 32.1. The van der Waals surface area contributed by atoms with E-state index < -0.39 is 16.9 Å². The molecule has 0 spiro atoms. The van der Waals surface area contributed by atoms with Gasteiger partial charge in [-0.05, 0) is 34.7 Å². The highest BCUT2D eigenvalue weighted by Crippen LogP contribution is 2.37. The molecular formula is C11H6F4S. The summed E-state index contributed by atoms with van der Waals surface area (Å²) >= 11 is 0.637. The third kappa shape index (κ3) is 2.24. The summed E-state index contributed by atoms with van der Waals surface area (Å²) in [5.41, 5.74) is 1.03. The van der Waals surface area contributed by atoms with Crippen molar-refractivity contribution in [1.29, 1.82) is 0 Å². The van der Waals surface area contributed by atoms with Gasteiger partial charge in [-0.2, -0.15) is 13.2 Å². The van der Waals surface area contributed by atoms with E-state index in [0.717, 1.165) is 6.07 Å². The van der Waals surface area contributed by atoms with Gasteiger partial charge < -0.3 is 0 Å². The number of rotatable bonds is 1. The van der Waals surface area contributed by atoms with E-state index in [9.17, 15) is 17.6 Å². The van der Waals surface area contributed by atoms with Gasteiger partial charge in [0.05, 0.1) is 0 Å². The van der Waals surface area contributed by atoms with Crippen LogP contribution in [0.15, 0.2) is 35.7 Å². The molecule has 1 aromatic carbocycles. The molecule has 0 saturated heterocycles. The second-order valence-electron chi connectivity index (χ2n) is 3.20. The minimum absolute atomic E-state index is 0.407. The molecule has 1 heterocycles. The highest BCUT2D eigenvalue weighted by molar-refractivity contribution is 7.10. The molecule has 0 atom stereocenters. The minimum Gasteiger partial charge on any atom is -0.207 e. The predicted octanol–water partition coefficient (Wildman–Crippen LogP) is 4.57. The Labute approximate surface area is 93.2 Å². The molecule has 84 valence electrons. The second kappa shape index (κ2) is 3.90. The van der Waals surface area contributed by atoms with Crippen molar-refractivity contribution >= 4 is 11.3 Å². The van der Waals surface area contributed by atoms with Crippen LogP contribution < -0.4 is 0 Å². The summed E-state index contributed by atoms with van der Waals surface area (Å²) < 4.78 is 49.6. The first-order chi connectivity index (χ1) is 7.47. The first-order valence-corrected chi connectivity index (χ1v) is 5.26. The van der Waals surface area contributed by atoms with Gasteiger partial charge in [0.2, 0.25) is 0 Å². The summed E-state index contributed by atoms with van der Waals surface area (Å²) in [5, 5.41) is 1.41. The van der Waals surface area contributed by atoms with Crippen LogP contribution in [0.1, 0.15) is 4.88 Å². The van der Waals surface area contributed by atoms with Crippen LogP contribution in [-0.2, 0) is 6.18 Å². The van der Waals surface area contributed by atoms with Crippen LogP contribution in [0.25, 0.3) is 11.1 Å². The minimum atomic E-state index is -4.32. The largest absolute Gasteiger partial charge is 0.425 e.